The lowest BCUT2D eigenvalue weighted by atomic mass is 9.99. The van der Waals surface area contributed by atoms with E-state index in [9.17, 15) is 18.2 Å². The fraction of sp³-hybridized carbons (Fsp3) is 0.379. The number of hydrogen-bond acceptors (Lipinski definition) is 7. The molecule has 0 radical (unpaired) electrons. The lowest BCUT2D eigenvalue weighted by Crippen LogP contribution is -2.39. The summed E-state index contributed by atoms with van der Waals surface area (Å²) in [6, 6.07) is 9.67. The molecular formula is C29H32FN3O6S. The van der Waals surface area contributed by atoms with Gasteiger partial charge in [0, 0.05) is 44.0 Å². The highest BCUT2D eigenvalue weighted by Gasteiger charge is 2.25. The number of furan rings is 1. The van der Waals surface area contributed by atoms with E-state index in [1.807, 2.05) is 37.8 Å². The molecule has 1 fully saturated rings. The van der Waals surface area contributed by atoms with Crippen molar-refractivity contribution < 1.29 is 32.1 Å². The number of nitrogens with one attached hydrogen (secondary N) is 1. The number of anilines is 1. The molecular weight excluding hydrogens is 537 g/mol. The van der Waals surface area contributed by atoms with Crippen molar-refractivity contribution in [3.05, 3.63) is 59.6 Å². The van der Waals surface area contributed by atoms with Crippen molar-refractivity contribution in [2.24, 2.45) is 0 Å². The minimum atomic E-state index is -2.00. The second-order valence-corrected chi connectivity index (χ2v) is 11.9. The van der Waals surface area contributed by atoms with Crippen LogP contribution < -0.4 is 14.4 Å². The van der Waals surface area contributed by atoms with Crippen LogP contribution in [0.5, 0.6) is 5.75 Å². The highest BCUT2D eigenvalue weighted by molar-refractivity contribution is 7.83. The van der Waals surface area contributed by atoms with Gasteiger partial charge in [-0.25, -0.2) is 13.4 Å². The van der Waals surface area contributed by atoms with Crippen molar-refractivity contribution in [3.8, 4) is 5.75 Å². The van der Waals surface area contributed by atoms with Crippen LogP contribution in [0.3, 0.4) is 0 Å². The smallest absolute Gasteiger partial charge is 0.410 e. The number of carbonyl (C=O) groups is 2. The first-order valence-electron chi connectivity index (χ1n) is 13.1. The monoisotopic (exact) mass is 569 g/mol. The Bertz CT molecular complexity index is 1520. The number of fused-ring (bicyclic) bond motifs is 1. The second-order valence-electron chi connectivity index (χ2n) is 10.8. The molecule has 2 aliphatic heterocycles. The summed E-state index contributed by atoms with van der Waals surface area (Å²) in [6.07, 6.45) is 3.18. The van der Waals surface area contributed by atoms with E-state index in [0.29, 0.717) is 30.9 Å². The molecule has 40 heavy (non-hydrogen) atoms. The van der Waals surface area contributed by atoms with Crippen LogP contribution in [-0.2, 0) is 15.7 Å². The van der Waals surface area contributed by atoms with Crippen LogP contribution in [0.1, 0.15) is 49.7 Å². The van der Waals surface area contributed by atoms with Gasteiger partial charge in [-0.2, -0.15) is 0 Å². The molecule has 0 aliphatic carbocycles. The Balaban J connectivity index is 1.32. The van der Waals surface area contributed by atoms with E-state index in [1.165, 1.54) is 19.2 Å². The molecule has 1 aromatic heterocycles. The summed E-state index contributed by atoms with van der Waals surface area (Å²) in [6.45, 7) is 8.02. The van der Waals surface area contributed by atoms with Gasteiger partial charge in [0.2, 0.25) is 0 Å². The van der Waals surface area contributed by atoms with E-state index in [-0.39, 0.29) is 27.7 Å². The molecule has 11 heteroatoms. The molecule has 2 aromatic carbocycles. The predicted octanol–water partition coefficient (Wildman–Crippen LogP) is 5.27. The Morgan fingerprint density at radius 2 is 1.88 bits per heavy atom. The first kappa shape index (κ1) is 27.7. The summed E-state index contributed by atoms with van der Waals surface area (Å²) in [5, 5.41) is 0.185. The van der Waals surface area contributed by atoms with Crippen molar-refractivity contribution in [2.45, 2.75) is 44.1 Å². The fourth-order valence-corrected chi connectivity index (χ4v) is 5.53. The minimum absolute atomic E-state index is 0.143. The van der Waals surface area contributed by atoms with Gasteiger partial charge >= 0.3 is 6.09 Å². The van der Waals surface area contributed by atoms with Gasteiger partial charge in [-0.1, -0.05) is 12.1 Å². The van der Waals surface area contributed by atoms with Gasteiger partial charge in [0.15, 0.2) is 16.7 Å². The predicted molar refractivity (Wildman–Crippen MR) is 150 cm³/mol. The molecule has 2 amide bonds. The maximum atomic E-state index is 14.7. The minimum Gasteiger partial charge on any atom is -0.495 e. The summed E-state index contributed by atoms with van der Waals surface area (Å²) >= 11 is 0. The van der Waals surface area contributed by atoms with Gasteiger partial charge in [-0.15, -0.1) is 0 Å². The molecule has 2 aliphatic rings. The lowest BCUT2D eigenvalue weighted by molar-refractivity contribution is 0.0270. The first-order chi connectivity index (χ1) is 19.0. The van der Waals surface area contributed by atoms with E-state index in [0.717, 1.165) is 30.6 Å². The van der Waals surface area contributed by atoms with E-state index in [1.54, 1.807) is 23.1 Å². The SMILES string of the molecule is COc1ccc(C2=CCN(C(=O)OC(C)(C)C)CC2)cc1S(=O)NC(=O)c1cc2c(F)cc(N3CCC3)cc2o1. The number of nitrogens with zero attached hydrogens (tertiary/aromatic N) is 2. The third-order valence-corrected chi connectivity index (χ3v) is 7.89. The summed E-state index contributed by atoms with van der Waals surface area (Å²) in [4.78, 5) is 29.3. The maximum Gasteiger partial charge on any atom is 0.410 e. The van der Waals surface area contributed by atoms with E-state index < -0.39 is 28.3 Å². The normalized spacial score (nSPS) is 16.3. The zero-order valence-electron chi connectivity index (χ0n) is 22.9. The molecule has 3 heterocycles. The molecule has 1 unspecified atom stereocenters. The van der Waals surface area contributed by atoms with Gasteiger partial charge in [0.05, 0.1) is 12.5 Å². The molecule has 1 saturated heterocycles. The third kappa shape index (κ3) is 5.84. The molecule has 1 N–H and O–H groups in total. The number of ether oxygens (including phenoxy) is 2. The molecule has 0 saturated carbocycles. The van der Waals surface area contributed by atoms with Crippen molar-refractivity contribution in [1.29, 1.82) is 0 Å². The molecule has 1 atom stereocenters. The first-order valence-corrected chi connectivity index (χ1v) is 14.2. The largest absolute Gasteiger partial charge is 0.495 e. The Hall–Kier alpha value is -3.86. The summed E-state index contributed by atoms with van der Waals surface area (Å²) in [5.41, 5.74) is 2.15. The number of methoxy groups -OCH3 is 1. The van der Waals surface area contributed by atoms with Gasteiger partial charge in [-0.05, 0) is 62.9 Å². The summed E-state index contributed by atoms with van der Waals surface area (Å²) in [5.74, 6) is -1.03. The van der Waals surface area contributed by atoms with Gasteiger partial charge in [0.25, 0.3) is 5.91 Å². The fourth-order valence-electron chi connectivity index (χ4n) is 4.59. The van der Waals surface area contributed by atoms with E-state index in [4.69, 9.17) is 13.9 Å². The number of benzene rings is 2. The lowest BCUT2D eigenvalue weighted by Gasteiger charge is -2.33. The molecule has 5 rings (SSSR count). The number of carbonyl (C=O) groups excluding carboxylic acids is 2. The Kier molecular flexibility index (Phi) is 7.59. The summed E-state index contributed by atoms with van der Waals surface area (Å²) in [7, 11) is -0.543. The molecule has 9 nitrogen and oxygen atoms in total. The van der Waals surface area contributed by atoms with Crippen LogP contribution in [0.15, 0.2) is 51.8 Å². The van der Waals surface area contributed by atoms with E-state index in [2.05, 4.69) is 4.72 Å². The Morgan fingerprint density at radius 3 is 2.50 bits per heavy atom. The Labute approximate surface area is 234 Å². The van der Waals surface area contributed by atoms with Gasteiger partial charge in [0.1, 0.15) is 27.6 Å². The third-order valence-electron chi connectivity index (χ3n) is 6.80. The van der Waals surface area contributed by atoms with E-state index >= 15 is 0 Å². The standard InChI is InChI=1S/C29H32FN3O6S/c1-29(2,3)39-28(35)33-12-8-18(9-13-33)19-6-7-23(37-4)26(14-19)40(36)31-27(34)25-17-21-22(30)15-20(16-24(21)38-25)32-10-5-11-32/h6-8,14-17H,5,9-13H2,1-4H3,(H,31,34). The van der Waals surface area contributed by atoms with Crippen molar-refractivity contribution >= 4 is 45.2 Å². The van der Waals surface area contributed by atoms with Crippen molar-refractivity contribution in [3.63, 3.8) is 0 Å². The average molecular weight is 570 g/mol. The van der Waals surface area contributed by atoms with Crippen LogP contribution in [0.2, 0.25) is 0 Å². The maximum absolute atomic E-state index is 14.7. The van der Waals surface area contributed by atoms with Gasteiger partial charge < -0.3 is 23.7 Å². The van der Waals surface area contributed by atoms with Crippen LogP contribution in [0.4, 0.5) is 14.9 Å². The number of halogens is 1. The highest BCUT2D eigenvalue weighted by Crippen LogP contribution is 2.32. The van der Waals surface area contributed by atoms with Crippen molar-refractivity contribution in [1.82, 2.24) is 9.62 Å². The zero-order chi connectivity index (χ0) is 28.6. The van der Waals surface area contributed by atoms with Crippen LogP contribution in [0, 0.1) is 5.82 Å². The highest BCUT2D eigenvalue weighted by atomic mass is 32.2. The van der Waals surface area contributed by atoms with Crippen LogP contribution in [-0.4, -0.2) is 60.0 Å². The number of amides is 2. The molecule has 0 spiro atoms. The average Bonchev–Trinajstić information content (AvgIpc) is 3.31. The number of rotatable bonds is 6. The topological polar surface area (TPSA) is 101 Å². The molecule has 3 aromatic rings. The van der Waals surface area contributed by atoms with Crippen molar-refractivity contribution in [2.75, 3.05) is 38.2 Å². The van der Waals surface area contributed by atoms with Gasteiger partial charge in [-0.3, -0.25) is 9.52 Å². The zero-order valence-corrected chi connectivity index (χ0v) is 23.7. The van der Waals surface area contributed by atoms with Crippen LogP contribution >= 0.6 is 0 Å². The summed E-state index contributed by atoms with van der Waals surface area (Å²) < 4.78 is 46.9. The second kappa shape index (κ2) is 11.0. The Morgan fingerprint density at radius 1 is 1.10 bits per heavy atom. The molecule has 212 valence electrons. The quantitative estimate of drug-likeness (QED) is 0.432. The molecule has 0 bridgehead atoms. The number of hydrogen-bond donors (Lipinski definition) is 1. The van der Waals surface area contributed by atoms with Crippen LogP contribution in [0.25, 0.3) is 16.5 Å².